The van der Waals surface area contributed by atoms with E-state index in [-0.39, 0.29) is 24.4 Å². The van der Waals surface area contributed by atoms with E-state index in [1.165, 1.54) is 0 Å². The number of nitrogens with zero attached hydrogens (tertiary/aromatic N) is 5. The van der Waals surface area contributed by atoms with Gasteiger partial charge in [0.05, 0.1) is 6.54 Å². The molecule has 3 N–H and O–H groups in total. The van der Waals surface area contributed by atoms with Crippen molar-refractivity contribution in [2.75, 3.05) is 54.4 Å². The standard InChI is InChI=1S/C21H24N6O3.C6H11NO2.ClH/c1-26(2)10-5-8-18(28)27-11-9-15(13-27)30-20-16-7-4-3-6-14(16)12-17(22-20)19-23-21(29)25-24-19;1-7(2)5-3-4-6(8)9;/h3-8,12,15H,9-11,13H2,1-2H3,(H2,23,24,25,29);3-4H,5H2,1-2H3,(H,8,9);1H/b8-5+;4-3+;/t15-;;/m0../s1. The van der Waals surface area contributed by atoms with Crippen LogP contribution in [0.15, 0.2) is 59.4 Å². The highest BCUT2D eigenvalue weighted by Crippen LogP contribution is 2.29. The van der Waals surface area contributed by atoms with E-state index in [4.69, 9.17) is 9.84 Å². The summed E-state index contributed by atoms with van der Waals surface area (Å²) in [7, 11) is 7.68. The number of likely N-dealkylation sites (tertiary alicyclic amines) is 1. The molecule has 40 heavy (non-hydrogen) atoms. The van der Waals surface area contributed by atoms with E-state index in [2.05, 4.69) is 20.2 Å². The Morgan fingerprint density at radius 1 is 1.12 bits per heavy atom. The lowest BCUT2D eigenvalue weighted by Crippen LogP contribution is -2.29. The Morgan fingerprint density at radius 2 is 1.80 bits per heavy atom. The average Bonchev–Trinajstić information content (AvgIpc) is 3.53. The van der Waals surface area contributed by atoms with Crippen LogP contribution in [0.2, 0.25) is 0 Å². The van der Waals surface area contributed by atoms with Crippen molar-refractivity contribution in [1.82, 2.24) is 34.9 Å². The zero-order valence-corrected chi connectivity index (χ0v) is 23.9. The molecule has 3 aromatic rings. The Hall–Kier alpha value is -4.00. The van der Waals surface area contributed by atoms with E-state index in [0.29, 0.717) is 37.0 Å². The number of likely N-dealkylation sites (N-methyl/N-ethyl adjacent to an activating group) is 2. The average molecular weight is 574 g/mol. The highest BCUT2D eigenvalue weighted by atomic mass is 35.5. The highest BCUT2D eigenvalue weighted by molar-refractivity contribution is 5.89. The van der Waals surface area contributed by atoms with Crippen LogP contribution in [0.25, 0.3) is 22.3 Å². The number of carbonyl (C=O) groups excluding carboxylic acids is 1. The fraction of sp³-hybridized carbons (Fsp3) is 0.370. The zero-order chi connectivity index (χ0) is 28.4. The molecule has 0 bridgehead atoms. The van der Waals surface area contributed by atoms with Crippen LogP contribution in [0.5, 0.6) is 5.88 Å². The number of aliphatic carboxylic acids is 1. The monoisotopic (exact) mass is 573 g/mol. The van der Waals surface area contributed by atoms with Gasteiger partial charge >= 0.3 is 11.7 Å². The largest absolute Gasteiger partial charge is 0.478 e. The third-order valence-corrected chi connectivity index (χ3v) is 5.65. The third-order valence-electron chi connectivity index (χ3n) is 5.65. The quantitative estimate of drug-likeness (QED) is 0.327. The lowest BCUT2D eigenvalue weighted by molar-refractivity contribution is -0.131. The summed E-state index contributed by atoms with van der Waals surface area (Å²) in [6.07, 6.45) is 6.79. The number of ether oxygens (including phenoxy) is 1. The Morgan fingerprint density at radius 3 is 2.42 bits per heavy atom. The molecule has 3 heterocycles. The number of H-pyrrole nitrogens is 2. The fourth-order valence-electron chi connectivity index (χ4n) is 3.79. The molecular weight excluding hydrogens is 538 g/mol. The number of aromatic amines is 2. The van der Waals surface area contributed by atoms with Crippen LogP contribution < -0.4 is 10.4 Å². The van der Waals surface area contributed by atoms with Crippen molar-refractivity contribution < 1.29 is 19.4 Å². The molecule has 2 aromatic heterocycles. The van der Waals surface area contributed by atoms with Crippen molar-refractivity contribution in [1.29, 1.82) is 0 Å². The van der Waals surface area contributed by atoms with Gasteiger partial charge in [-0.05, 0) is 45.7 Å². The minimum atomic E-state index is -0.892. The van der Waals surface area contributed by atoms with Gasteiger partial charge in [-0.2, -0.15) is 5.10 Å². The number of carboxylic acid groups (broad SMARTS) is 1. The second-order valence-electron chi connectivity index (χ2n) is 9.54. The Bertz CT molecular complexity index is 1380. The van der Waals surface area contributed by atoms with Gasteiger partial charge < -0.3 is 24.5 Å². The minimum absolute atomic E-state index is 0. The van der Waals surface area contributed by atoms with Gasteiger partial charge in [-0.25, -0.2) is 19.7 Å². The molecule has 0 unspecified atom stereocenters. The molecular formula is C27H36ClN7O5. The number of aromatic nitrogens is 4. The van der Waals surface area contributed by atoms with Gasteiger partial charge in [0.1, 0.15) is 11.8 Å². The van der Waals surface area contributed by atoms with E-state index in [1.807, 2.05) is 74.4 Å². The van der Waals surface area contributed by atoms with Gasteiger partial charge in [0, 0.05) is 43.6 Å². The number of amides is 1. The van der Waals surface area contributed by atoms with Crippen LogP contribution in [0.4, 0.5) is 0 Å². The molecule has 0 radical (unpaired) electrons. The minimum Gasteiger partial charge on any atom is -0.478 e. The van der Waals surface area contributed by atoms with Crippen molar-refractivity contribution in [3.05, 3.63) is 65.1 Å². The van der Waals surface area contributed by atoms with Crippen LogP contribution >= 0.6 is 12.4 Å². The van der Waals surface area contributed by atoms with Crippen molar-refractivity contribution in [2.45, 2.75) is 12.5 Å². The van der Waals surface area contributed by atoms with Crippen molar-refractivity contribution >= 4 is 35.1 Å². The molecule has 4 rings (SSSR count). The third kappa shape index (κ3) is 9.95. The Kier molecular flexibility index (Phi) is 12.5. The Balaban J connectivity index is 0.000000486. The molecule has 0 spiro atoms. The van der Waals surface area contributed by atoms with Crippen LogP contribution in [-0.4, -0.2) is 112 Å². The number of halogens is 1. The topological polar surface area (TPSA) is 148 Å². The van der Waals surface area contributed by atoms with Crippen LogP contribution in [0.3, 0.4) is 0 Å². The summed E-state index contributed by atoms with van der Waals surface area (Å²) in [6.45, 7) is 2.54. The Labute approximate surface area is 238 Å². The summed E-state index contributed by atoms with van der Waals surface area (Å²) < 4.78 is 6.21. The number of carbonyl (C=O) groups is 2. The fourth-order valence-corrected chi connectivity index (χ4v) is 3.79. The molecule has 1 aliphatic rings. The summed E-state index contributed by atoms with van der Waals surface area (Å²) in [5.41, 5.74) is 0.120. The molecule has 13 heteroatoms. The van der Waals surface area contributed by atoms with Crippen molar-refractivity contribution in [3.8, 4) is 17.4 Å². The number of fused-ring (bicyclic) bond motifs is 1. The van der Waals surface area contributed by atoms with E-state index < -0.39 is 11.7 Å². The smallest absolute Gasteiger partial charge is 0.340 e. The SMILES string of the molecule is CN(C)C/C=C/C(=O)N1CC[C@H](Oc2nc(-c3n[nH]c(=O)[nH]3)cc3ccccc23)C1.CN(C)C/C=C/C(=O)O.Cl. The predicted molar refractivity (Wildman–Crippen MR) is 156 cm³/mol. The normalized spacial score (nSPS) is 15.1. The van der Waals surface area contributed by atoms with Crippen LogP contribution in [0, 0.1) is 0 Å². The molecule has 1 aromatic carbocycles. The second-order valence-corrected chi connectivity index (χ2v) is 9.54. The van der Waals surface area contributed by atoms with Gasteiger partial charge in [-0.1, -0.05) is 30.4 Å². The lowest BCUT2D eigenvalue weighted by Gasteiger charge is -2.17. The van der Waals surface area contributed by atoms with E-state index in [9.17, 15) is 14.4 Å². The molecule has 1 saturated heterocycles. The first-order valence-corrected chi connectivity index (χ1v) is 12.5. The molecule has 12 nitrogen and oxygen atoms in total. The van der Waals surface area contributed by atoms with E-state index >= 15 is 0 Å². The van der Waals surface area contributed by atoms with Gasteiger partial charge in [-0.15, -0.1) is 12.4 Å². The summed E-state index contributed by atoms with van der Waals surface area (Å²) in [4.78, 5) is 46.6. The molecule has 1 atom stereocenters. The maximum absolute atomic E-state index is 12.4. The molecule has 1 fully saturated rings. The van der Waals surface area contributed by atoms with Gasteiger partial charge in [-0.3, -0.25) is 9.78 Å². The first kappa shape index (κ1) is 32.2. The summed E-state index contributed by atoms with van der Waals surface area (Å²) >= 11 is 0. The van der Waals surface area contributed by atoms with Crippen molar-refractivity contribution in [2.24, 2.45) is 0 Å². The van der Waals surface area contributed by atoms with Gasteiger partial charge in [0.2, 0.25) is 11.8 Å². The second kappa shape index (κ2) is 15.6. The lowest BCUT2D eigenvalue weighted by atomic mass is 10.1. The molecule has 1 amide bonds. The maximum atomic E-state index is 12.4. The number of carboxylic acids is 1. The number of pyridine rings is 1. The van der Waals surface area contributed by atoms with Gasteiger partial charge in [0.15, 0.2) is 5.82 Å². The van der Waals surface area contributed by atoms with Crippen LogP contribution in [-0.2, 0) is 9.59 Å². The van der Waals surface area contributed by atoms with Crippen molar-refractivity contribution in [3.63, 3.8) is 0 Å². The van der Waals surface area contributed by atoms with Crippen LogP contribution in [0.1, 0.15) is 6.42 Å². The predicted octanol–water partition coefficient (Wildman–Crippen LogP) is 2.02. The summed E-state index contributed by atoms with van der Waals surface area (Å²) in [5, 5.41) is 16.2. The van der Waals surface area contributed by atoms with E-state index in [1.54, 1.807) is 17.1 Å². The number of nitrogens with one attached hydrogen (secondary N) is 2. The number of hydrogen-bond donors (Lipinski definition) is 3. The first-order valence-electron chi connectivity index (χ1n) is 12.5. The number of benzene rings is 1. The maximum Gasteiger partial charge on any atom is 0.340 e. The molecule has 0 saturated carbocycles. The summed E-state index contributed by atoms with van der Waals surface area (Å²) in [5.74, 6) is -0.0836. The first-order chi connectivity index (χ1) is 18.6. The molecule has 0 aliphatic carbocycles. The number of hydrogen-bond acceptors (Lipinski definition) is 8. The number of rotatable bonds is 9. The molecule has 1 aliphatic heterocycles. The van der Waals surface area contributed by atoms with E-state index in [0.717, 1.165) is 29.8 Å². The van der Waals surface area contributed by atoms with Gasteiger partial charge in [0.25, 0.3) is 0 Å². The summed E-state index contributed by atoms with van der Waals surface area (Å²) in [6, 6.07) is 9.61. The zero-order valence-electron chi connectivity index (χ0n) is 23.0. The molecule has 216 valence electrons. The highest BCUT2D eigenvalue weighted by Gasteiger charge is 2.27.